The highest BCUT2D eigenvalue weighted by atomic mass is 16.4. The number of piperidine rings is 1. The molecule has 0 unspecified atom stereocenters. The molecule has 0 bridgehead atoms. The zero-order valence-electron chi connectivity index (χ0n) is 14.9. The lowest BCUT2D eigenvalue weighted by molar-refractivity contribution is 0.0690. The van der Waals surface area contributed by atoms with Crippen LogP contribution in [0.4, 0.5) is 5.82 Å². The van der Waals surface area contributed by atoms with Crippen LogP contribution >= 0.6 is 0 Å². The Morgan fingerprint density at radius 3 is 2.89 bits per heavy atom. The number of anilines is 1. The second kappa shape index (κ2) is 7.57. The fourth-order valence-corrected chi connectivity index (χ4v) is 3.59. The van der Waals surface area contributed by atoms with Gasteiger partial charge in [0, 0.05) is 37.6 Å². The van der Waals surface area contributed by atoms with E-state index < -0.39 is 5.97 Å². The van der Waals surface area contributed by atoms with Crippen LogP contribution in [0, 0.1) is 0 Å². The third-order valence-corrected chi connectivity index (χ3v) is 4.87. The summed E-state index contributed by atoms with van der Waals surface area (Å²) in [4.78, 5) is 26.7. The minimum absolute atomic E-state index is 0.0753. The van der Waals surface area contributed by atoms with Crippen LogP contribution in [0.15, 0.2) is 55.0 Å². The van der Waals surface area contributed by atoms with Gasteiger partial charge in [-0.1, -0.05) is 12.1 Å². The van der Waals surface area contributed by atoms with Gasteiger partial charge in [-0.05, 0) is 37.1 Å². The van der Waals surface area contributed by atoms with Crippen LogP contribution in [-0.4, -0.2) is 43.7 Å². The van der Waals surface area contributed by atoms with Crippen molar-refractivity contribution in [2.45, 2.75) is 25.3 Å². The van der Waals surface area contributed by atoms with Crippen LogP contribution in [0.3, 0.4) is 0 Å². The molecule has 0 aliphatic carbocycles. The highest BCUT2D eigenvalue weighted by Crippen LogP contribution is 2.28. The zero-order valence-corrected chi connectivity index (χ0v) is 14.9. The SMILES string of the molecule is O=C(O)c1cccc(N2CCC[C@@H](c3nccn3Cc3ccccn3)C2)n1. The van der Waals surface area contributed by atoms with Gasteiger partial charge in [0.15, 0.2) is 5.69 Å². The van der Waals surface area contributed by atoms with Crippen molar-refractivity contribution in [3.63, 3.8) is 0 Å². The molecule has 4 rings (SSSR count). The lowest BCUT2D eigenvalue weighted by Gasteiger charge is -2.33. The molecule has 0 radical (unpaired) electrons. The largest absolute Gasteiger partial charge is 0.477 e. The molecule has 7 heteroatoms. The molecule has 1 atom stereocenters. The molecule has 0 saturated carbocycles. The van der Waals surface area contributed by atoms with Crippen LogP contribution in [-0.2, 0) is 6.54 Å². The molecule has 7 nitrogen and oxygen atoms in total. The van der Waals surface area contributed by atoms with E-state index in [1.54, 1.807) is 12.3 Å². The number of carboxylic acid groups (broad SMARTS) is 1. The summed E-state index contributed by atoms with van der Waals surface area (Å²) in [6.07, 6.45) is 7.69. The van der Waals surface area contributed by atoms with E-state index in [4.69, 9.17) is 0 Å². The maximum absolute atomic E-state index is 11.2. The smallest absolute Gasteiger partial charge is 0.354 e. The predicted molar refractivity (Wildman–Crippen MR) is 101 cm³/mol. The average molecular weight is 363 g/mol. The fraction of sp³-hybridized carbons (Fsp3) is 0.300. The third kappa shape index (κ3) is 3.81. The van der Waals surface area contributed by atoms with Gasteiger partial charge in [0.1, 0.15) is 11.6 Å². The van der Waals surface area contributed by atoms with E-state index in [1.165, 1.54) is 6.07 Å². The second-order valence-corrected chi connectivity index (χ2v) is 6.71. The van der Waals surface area contributed by atoms with E-state index in [0.717, 1.165) is 37.4 Å². The maximum Gasteiger partial charge on any atom is 0.354 e. The van der Waals surface area contributed by atoms with Gasteiger partial charge >= 0.3 is 5.97 Å². The number of rotatable bonds is 5. The maximum atomic E-state index is 11.2. The van der Waals surface area contributed by atoms with E-state index in [1.807, 2.05) is 36.7 Å². The number of aromatic carboxylic acids is 1. The molecule has 27 heavy (non-hydrogen) atoms. The van der Waals surface area contributed by atoms with Gasteiger partial charge in [0.2, 0.25) is 0 Å². The topological polar surface area (TPSA) is 84.1 Å². The quantitative estimate of drug-likeness (QED) is 0.750. The summed E-state index contributed by atoms with van der Waals surface area (Å²) in [5, 5.41) is 9.19. The Kier molecular flexibility index (Phi) is 4.82. The number of carbonyl (C=O) groups is 1. The minimum atomic E-state index is -1.00. The molecule has 0 aromatic carbocycles. The fourth-order valence-electron chi connectivity index (χ4n) is 3.59. The molecule has 1 saturated heterocycles. The molecule has 1 fully saturated rings. The molecule has 3 aromatic heterocycles. The molecule has 1 aliphatic heterocycles. The number of hydrogen-bond acceptors (Lipinski definition) is 5. The van der Waals surface area contributed by atoms with Crippen molar-refractivity contribution in [1.29, 1.82) is 0 Å². The van der Waals surface area contributed by atoms with Gasteiger partial charge in [-0.25, -0.2) is 14.8 Å². The van der Waals surface area contributed by atoms with Crippen molar-refractivity contribution in [2.75, 3.05) is 18.0 Å². The lowest BCUT2D eigenvalue weighted by atomic mass is 9.97. The predicted octanol–water partition coefficient (Wildman–Crippen LogP) is 2.80. The summed E-state index contributed by atoms with van der Waals surface area (Å²) in [5.74, 6) is 1.02. The summed E-state index contributed by atoms with van der Waals surface area (Å²) in [6, 6.07) is 11.1. The number of pyridine rings is 2. The second-order valence-electron chi connectivity index (χ2n) is 6.71. The molecule has 1 aliphatic rings. The normalized spacial score (nSPS) is 17.0. The highest BCUT2D eigenvalue weighted by molar-refractivity contribution is 5.85. The first-order valence-corrected chi connectivity index (χ1v) is 9.07. The standard InChI is InChI=1S/C20H21N5O2/c26-20(27)17-7-3-8-18(23-17)24-11-4-5-15(13-24)19-22-10-12-25(19)14-16-6-1-2-9-21-16/h1-3,6-10,12,15H,4-5,11,13-14H2,(H,26,27)/t15-/m1/s1. The molecule has 0 spiro atoms. The average Bonchev–Trinajstić information content (AvgIpc) is 3.17. The summed E-state index contributed by atoms with van der Waals surface area (Å²) in [5.41, 5.74) is 1.08. The van der Waals surface area contributed by atoms with Crippen LogP contribution in [0.25, 0.3) is 0 Å². The Balaban J connectivity index is 1.53. The Labute approximate surface area is 157 Å². The van der Waals surface area contributed by atoms with Crippen LogP contribution in [0.2, 0.25) is 0 Å². The first-order chi connectivity index (χ1) is 13.2. The van der Waals surface area contributed by atoms with Crippen LogP contribution in [0.1, 0.15) is 40.8 Å². The van der Waals surface area contributed by atoms with Gasteiger partial charge in [-0.15, -0.1) is 0 Å². The molecule has 1 N–H and O–H groups in total. The van der Waals surface area contributed by atoms with Gasteiger partial charge in [0.25, 0.3) is 0 Å². The summed E-state index contributed by atoms with van der Waals surface area (Å²) in [7, 11) is 0. The number of imidazole rings is 1. The molecule has 4 heterocycles. The molecule has 0 amide bonds. The number of nitrogens with zero attached hydrogens (tertiary/aromatic N) is 5. The van der Waals surface area contributed by atoms with Crippen molar-refractivity contribution in [1.82, 2.24) is 19.5 Å². The van der Waals surface area contributed by atoms with Gasteiger partial charge < -0.3 is 14.6 Å². The van der Waals surface area contributed by atoms with Gasteiger partial charge in [0.05, 0.1) is 12.2 Å². The Hall–Kier alpha value is -3.22. The van der Waals surface area contributed by atoms with Crippen molar-refractivity contribution in [3.05, 3.63) is 72.2 Å². The van der Waals surface area contributed by atoms with E-state index >= 15 is 0 Å². The van der Waals surface area contributed by atoms with Crippen molar-refractivity contribution in [2.24, 2.45) is 0 Å². The van der Waals surface area contributed by atoms with Gasteiger partial charge in [-0.2, -0.15) is 0 Å². The van der Waals surface area contributed by atoms with Crippen molar-refractivity contribution in [3.8, 4) is 0 Å². The number of hydrogen-bond donors (Lipinski definition) is 1. The highest BCUT2D eigenvalue weighted by Gasteiger charge is 2.26. The van der Waals surface area contributed by atoms with E-state index in [-0.39, 0.29) is 11.6 Å². The lowest BCUT2D eigenvalue weighted by Crippen LogP contribution is -2.36. The minimum Gasteiger partial charge on any atom is -0.477 e. The van der Waals surface area contributed by atoms with Crippen LogP contribution < -0.4 is 4.90 Å². The zero-order chi connectivity index (χ0) is 18.6. The number of aromatic nitrogens is 4. The Bertz CT molecular complexity index is 925. The monoisotopic (exact) mass is 363 g/mol. The Morgan fingerprint density at radius 1 is 1.15 bits per heavy atom. The van der Waals surface area contributed by atoms with Crippen molar-refractivity contribution >= 4 is 11.8 Å². The van der Waals surface area contributed by atoms with Crippen LogP contribution in [0.5, 0.6) is 0 Å². The molecular formula is C20H21N5O2. The van der Waals surface area contributed by atoms with E-state index in [2.05, 4.69) is 24.4 Å². The summed E-state index contributed by atoms with van der Waals surface area (Å²) < 4.78 is 2.15. The Morgan fingerprint density at radius 2 is 2.07 bits per heavy atom. The molecule has 3 aromatic rings. The van der Waals surface area contributed by atoms with Crippen molar-refractivity contribution < 1.29 is 9.90 Å². The first-order valence-electron chi connectivity index (χ1n) is 9.07. The first kappa shape index (κ1) is 17.2. The molecular weight excluding hydrogens is 342 g/mol. The molecule has 138 valence electrons. The summed E-state index contributed by atoms with van der Waals surface area (Å²) in [6.45, 7) is 2.34. The van der Waals surface area contributed by atoms with E-state index in [0.29, 0.717) is 12.4 Å². The third-order valence-electron chi connectivity index (χ3n) is 4.87. The van der Waals surface area contributed by atoms with E-state index in [9.17, 15) is 9.90 Å². The summed E-state index contributed by atoms with van der Waals surface area (Å²) >= 11 is 0. The number of carboxylic acids is 1. The van der Waals surface area contributed by atoms with Gasteiger partial charge in [-0.3, -0.25) is 4.98 Å².